The van der Waals surface area contributed by atoms with Crippen LogP contribution in [0.2, 0.25) is 0 Å². The lowest BCUT2D eigenvalue weighted by Gasteiger charge is -2.12. The molecule has 96 valence electrons. The van der Waals surface area contributed by atoms with E-state index in [1.54, 1.807) is 6.92 Å². The van der Waals surface area contributed by atoms with E-state index in [4.69, 9.17) is 15.7 Å². The number of aliphatic hydroxyl groups is 1. The van der Waals surface area contributed by atoms with Crippen LogP contribution in [0.3, 0.4) is 0 Å². The van der Waals surface area contributed by atoms with Crippen molar-refractivity contribution in [3.63, 3.8) is 0 Å². The van der Waals surface area contributed by atoms with Gasteiger partial charge in [0.1, 0.15) is 17.5 Å². The zero-order valence-corrected chi connectivity index (χ0v) is 10.2. The number of rotatable bonds is 7. The molecular weight excluding hydrogens is 222 g/mol. The van der Waals surface area contributed by atoms with Crippen molar-refractivity contribution in [3.05, 3.63) is 11.4 Å². The van der Waals surface area contributed by atoms with Gasteiger partial charge in [0.2, 0.25) is 0 Å². The number of hydrogen-bond acceptors (Lipinski definition) is 7. The molecule has 0 fully saturated rings. The van der Waals surface area contributed by atoms with Crippen molar-refractivity contribution in [2.24, 2.45) is 5.84 Å². The summed E-state index contributed by atoms with van der Waals surface area (Å²) < 4.78 is 5.13. The van der Waals surface area contributed by atoms with Gasteiger partial charge < -0.3 is 20.6 Å². The van der Waals surface area contributed by atoms with Crippen LogP contribution in [-0.4, -0.2) is 41.4 Å². The zero-order valence-electron chi connectivity index (χ0n) is 10.2. The Hall–Kier alpha value is -1.44. The van der Waals surface area contributed by atoms with Gasteiger partial charge in [-0.05, 0) is 13.8 Å². The second kappa shape index (κ2) is 7.00. The molecule has 5 N–H and O–H groups in total. The van der Waals surface area contributed by atoms with E-state index in [1.165, 1.54) is 0 Å². The fraction of sp³-hybridized carbons (Fsp3) is 0.600. The van der Waals surface area contributed by atoms with E-state index < -0.39 is 0 Å². The fourth-order valence-electron chi connectivity index (χ4n) is 1.35. The van der Waals surface area contributed by atoms with Crippen molar-refractivity contribution in [1.29, 1.82) is 0 Å². The summed E-state index contributed by atoms with van der Waals surface area (Å²) in [6, 6.07) is 0. The molecule has 0 amide bonds. The maximum absolute atomic E-state index is 8.54. The molecule has 0 spiro atoms. The molecular formula is C10H19N5O2. The highest BCUT2D eigenvalue weighted by Crippen LogP contribution is 2.18. The molecule has 0 saturated heterocycles. The van der Waals surface area contributed by atoms with E-state index in [0.29, 0.717) is 31.4 Å². The monoisotopic (exact) mass is 241 g/mol. The molecule has 0 atom stereocenters. The number of nitrogen functional groups attached to an aromatic ring is 1. The van der Waals surface area contributed by atoms with Crippen LogP contribution >= 0.6 is 0 Å². The van der Waals surface area contributed by atoms with Gasteiger partial charge in [-0.25, -0.2) is 15.8 Å². The van der Waals surface area contributed by atoms with E-state index in [1.807, 2.05) is 6.92 Å². The summed E-state index contributed by atoms with van der Waals surface area (Å²) in [6.45, 7) is 5.18. The maximum Gasteiger partial charge on any atom is 0.148 e. The molecule has 0 aliphatic rings. The minimum Gasteiger partial charge on any atom is -0.394 e. The van der Waals surface area contributed by atoms with Gasteiger partial charge in [0.05, 0.1) is 19.8 Å². The number of hydrazine groups is 1. The van der Waals surface area contributed by atoms with Crippen molar-refractivity contribution < 1.29 is 9.84 Å². The summed E-state index contributed by atoms with van der Waals surface area (Å²) in [6.07, 6.45) is 0. The molecule has 0 radical (unpaired) electrons. The molecule has 17 heavy (non-hydrogen) atoms. The standard InChI is InChI=1S/C10H19N5O2/c1-7-9(12-3-5-17-6-4-16)13-8(2)14-10(7)15-11/h16H,3-6,11H2,1-2H3,(H2,12,13,14,15). The molecule has 0 unspecified atom stereocenters. The quantitative estimate of drug-likeness (QED) is 0.297. The number of ether oxygens (including phenoxy) is 1. The Balaban J connectivity index is 2.55. The summed E-state index contributed by atoms with van der Waals surface area (Å²) in [4.78, 5) is 8.43. The highest BCUT2D eigenvalue weighted by molar-refractivity contribution is 5.56. The van der Waals surface area contributed by atoms with E-state index in [-0.39, 0.29) is 6.61 Å². The van der Waals surface area contributed by atoms with Gasteiger partial charge in [0.25, 0.3) is 0 Å². The first-order valence-electron chi connectivity index (χ1n) is 5.43. The first-order chi connectivity index (χ1) is 8.19. The normalized spacial score (nSPS) is 10.4. The molecule has 0 saturated carbocycles. The predicted octanol–water partition coefficient (Wildman–Crippen LogP) is -0.200. The lowest BCUT2D eigenvalue weighted by Crippen LogP contribution is -2.16. The molecule has 7 nitrogen and oxygen atoms in total. The SMILES string of the molecule is Cc1nc(NN)c(C)c(NCCOCCO)n1. The number of anilines is 2. The topological polar surface area (TPSA) is 105 Å². The number of hydrogen-bond donors (Lipinski definition) is 4. The molecule has 0 bridgehead atoms. The minimum atomic E-state index is 0.0346. The second-order valence-electron chi connectivity index (χ2n) is 3.50. The van der Waals surface area contributed by atoms with Crippen LogP contribution in [0, 0.1) is 13.8 Å². The lowest BCUT2D eigenvalue weighted by atomic mass is 10.3. The second-order valence-corrected chi connectivity index (χ2v) is 3.50. The van der Waals surface area contributed by atoms with E-state index in [2.05, 4.69) is 20.7 Å². The molecule has 0 aliphatic carbocycles. The Kier molecular flexibility index (Phi) is 5.61. The Morgan fingerprint density at radius 2 is 1.94 bits per heavy atom. The molecule has 1 rings (SSSR count). The van der Waals surface area contributed by atoms with Crippen LogP contribution in [0.15, 0.2) is 0 Å². The van der Waals surface area contributed by atoms with Crippen molar-refractivity contribution in [2.75, 3.05) is 37.1 Å². The van der Waals surface area contributed by atoms with E-state index in [0.717, 1.165) is 11.4 Å². The average molecular weight is 241 g/mol. The van der Waals surface area contributed by atoms with Crippen LogP contribution in [0.4, 0.5) is 11.6 Å². The van der Waals surface area contributed by atoms with Crippen LogP contribution in [-0.2, 0) is 4.74 Å². The van der Waals surface area contributed by atoms with Gasteiger partial charge >= 0.3 is 0 Å². The fourth-order valence-corrected chi connectivity index (χ4v) is 1.35. The van der Waals surface area contributed by atoms with Crippen molar-refractivity contribution in [1.82, 2.24) is 9.97 Å². The molecule has 1 aromatic rings. The number of nitrogens with zero attached hydrogens (tertiary/aromatic N) is 2. The third-order valence-electron chi connectivity index (χ3n) is 2.17. The number of nitrogens with two attached hydrogens (primary N) is 1. The van der Waals surface area contributed by atoms with Crippen LogP contribution in [0.25, 0.3) is 0 Å². The van der Waals surface area contributed by atoms with Crippen LogP contribution in [0.5, 0.6) is 0 Å². The van der Waals surface area contributed by atoms with Crippen molar-refractivity contribution >= 4 is 11.6 Å². The third kappa shape index (κ3) is 4.14. The Morgan fingerprint density at radius 3 is 2.59 bits per heavy atom. The summed E-state index contributed by atoms with van der Waals surface area (Å²) in [5.41, 5.74) is 3.39. The lowest BCUT2D eigenvalue weighted by molar-refractivity contribution is 0.0992. The largest absolute Gasteiger partial charge is 0.394 e. The minimum absolute atomic E-state index is 0.0346. The molecule has 1 aromatic heterocycles. The average Bonchev–Trinajstić information content (AvgIpc) is 2.32. The van der Waals surface area contributed by atoms with E-state index >= 15 is 0 Å². The number of nitrogens with one attached hydrogen (secondary N) is 2. The zero-order chi connectivity index (χ0) is 12.7. The molecule has 0 aliphatic heterocycles. The number of aromatic nitrogens is 2. The Morgan fingerprint density at radius 1 is 1.24 bits per heavy atom. The Labute approximate surface area is 100 Å². The highest BCUT2D eigenvalue weighted by Gasteiger charge is 2.07. The highest BCUT2D eigenvalue weighted by atomic mass is 16.5. The van der Waals surface area contributed by atoms with Crippen LogP contribution in [0.1, 0.15) is 11.4 Å². The van der Waals surface area contributed by atoms with Gasteiger partial charge in [0, 0.05) is 12.1 Å². The van der Waals surface area contributed by atoms with Gasteiger partial charge in [-0.1, -0.05) is 0 Å². The molecule has 1 heterocycles. The first kappa shape index (κ1) is 13.6. The smallest absolute Gasteiger partial charge is 0.148 e. The number of aliphatic hydroxyl groups excluding tert-OH is 1. The Bertz CT molecular complexity index is 359. The molecule has 7 heteroatoms. The predicted molar refractivity (Wildman–Crippen MR) is 65.7 cm³/mol. The molecule has 0 aromatic carbocycles. The van der Waals surface area contributed by atoms with Gasteiger partial charge in [-0.3, -0.25) is 0 Å². The van der Waals surface area contributed by atoms with Crippen LogP contribution < -0.4 is 16.6 Å². The summed E-state index contributed by atoms with van der Waals surface area (Å²) in [7, 11) is 0. The summed E-state index contributed by atoms with van der Waals surface area (Å²) >= 11 is 0. The third-order valence-corrected chi connectivity index (χ3v) is 2.17. The van der Waals surface area contributed by atoms with Gasteiger partial charge in [-0.2, -0.15) is 0 Å². The van der Waals surface area contributed by atoms with Gasteiger partial charge in [-0.15, -0.1) is 0 Å². The van der Waals surface area contributed by atoms with E-state index in [9.17, 15) is 0 Å². The first-order valence-corrected chi connectivity index (χ1v) is 5.43. The van der Waals surface area contributed by atoms with Crippen molar-refractivity contribution in [2.45, 2.75) is 13.8 Å². The summed E-state index contributed by atoms with van der Waals surface area (Å²) in [5, 5.41) is 11.7. The van der Waals surface area contributed by atoms with Gasteiger partial charge in [0.15, 0.2) is 0 Å². The summed E-state index contributed by atoms with van der Waals surface area (Å²) in [5.74, 6) is 7.35. The maximum atomic E-state index is 8.54. The number of aryl methyl sites for hydroxylation is 1. The van der Waals surface area contributed by atoms with Crippen molar-refractivity contribution in [3.8, 4) is 0 Å².